The number of carbonyl (C=O) groups is 1. The molecule has 4 heteroatoms. The minimum Gasteiger partial charge on any atom is -0.299 e. The first-order valence-corrected chi connectivity index (χ1v) is 3.53. The van der Waals surface area contributed by atoms with E-state index in [1.807, 2.05) is 0 Å². The average molecular weight is 157 g/mol. The van der Waals surface area contributed by atoms with Crippen LogP contribution in [-0.2, 0) is 4.79 Å². The second-order valence-electron chi connectivity index (χ2n) is 3.64. The van der Waals surface area contributed by atoms with E-state index in [1.165, 1.54) is 6.92 Å². The fourth-order valence-corrected chi connectivity index (χ4v) is 1.75. The van der Waals surface area contributed by atoms with Gasteiger partial charge in [-0.3, -0.25) is 14.9 Å². The van der Waals surface area contributed by atoms with Crippen molar-refractivity contribution in [2.24, 2.45) is 11.3 Å². The van der Waals surface area contributed by atoms with Crippen molar-refractivity contribution >= 4 is 5.78 Å². The molecule has 1 aliphatic carbocycles. The van der Waals surface area contributed by atoms with E-state index >= 15 is 0 Å². The van der Waals surface area contributed by atoms with Crippen LogP contribution in [0.25, 0.3) is 0 Å². The van der Waals surface area contributed by atoms with E-state index < -0.39 is 11.5 Å². The summed E-state index contributed by atoms with van der Waals surface area (Å²) >= 11 is 0. The molecule has 11 heavy (non-hydrogen) atoms. The first-order chi connectivity index (χ1) is 4.89. The third-order valence-electron chi connectivity index (χ3n) is 2.44. The number of Topliss-reactive ketones (excluding diaryl/α,β-unsaturated/α-hetero) is 1. The smallest absolute Gasteiger partial charge is 0.229 e. The summed E-state index contributed by atoms with van der Waals surface area (Å²) in [5.74, 6) is -0.436. The summed E-state index contributed by atoms with van der Waals surface area (Å²) in [5, 5.41) is 10.3. The number of carbonyl (C=O) groups excluding carboxylic acids is 1. The van der Waals surface area contributed by atoms with Gasteiger partial charge in [0.15, 0.2) is 0 Å². The molecule has 0 bridgehead atoms. The molecule has 1 rings (SSSR count). The summed E-state index contributed by atoms with van der Waals surface area (Å²) in [5.41, 5.74) is -0.421. The van der Waals surface area contributed by atoms with Crippen molar-refractivity contribution < 1.29 is 9.72 Å². The molecule has 4 nitrogen and oxygen atoms in total. The van der Waals surface area contributed by atoms with Crippen LogP contribution in [0.1, 0.15) is 20.8 Å². The Balaban J connectivity index is 2.76. The Hall–Kier alpha value is -0.930. The lowest BCUT2D eigenvalue weighted by atomic mass is 10.1. The van der Waals surface area contributed by atoms with Crippen LogP contribution in [0.4, 0.5) is 0 Å². The zero-order valence-electron chi connectivity index (χ0n) is 6.83. The van der Waals surface area contributed by atoms with E-state index in [9.17, 15) is 14.9 Å². The maximum Gasteiger partial charge on any atom is 0.229 e. The third-order valence-corrected chi connectivity index (χ3v) is 2.44. The van der Waals surface area contributed by atoms with Gasteiger partial charge in [-0.05, 0) is 6.92 Å². The van der Waals surface area contributed by atoms with Gasteiger partial charge in [0.1, 0.15) is 5.78 Å². The standard InChI is InChI=1S/C7H11NO3/c1-4(9)5-6(8(10)11)7(5,2)3/h5-6H,1-3H3. The van der Waals surface area contributed by atoms with Crippen molar-refractivity contribution in [2.75, 3.05) is 0 Å². The van der Waals surface area contributed by atoms with Crippen molar-refractivity contribution in [1.29, 1.82) is 0 Å². The number of hydrogen-bond donors (Lipinski definition) is 0. The Bertz CT molecular complexity index is 200. The van der Waals surface area contributed by atoms with Gasteiger partial charge in [-0.2, -0.15) is 0 Å². The zero-order valence-corrected chi connectivity index (χ0v) is 6.83. The zero-order chi connectivity index (χ0) is 8.81. The SMILES string of the molecule is CC(=O)C1C([N+](=O)[O-])C1(C)C. The summed E-state index contributed by atoms with van der Waals surface area (Å²) in [6, 6.07) is -0.653. The van der Waals surface area contributed by atoms with Crippen molar-refractivity contribution in [1.82, 2.24) is 0 Å². The predicted molar refractivity (Wildman–Crippen MR) is 38.7 cm³/mol. The molecule has 1 fully saturated rings. The highest BCUT2D eigenvalue weighted by Crippen LogP contribution is 2.53. The van der Waals surface area contributed by atoms with E-state index in [-0.39, 0.29) is 16.6 Å². The molecule has 2 atom stereocenters. The lowest BCUT2D eigenvalue weighted by Gasteiger charge is -1.92. The minimum absolute atomic E-state index is 0.0725. The average Bonchev–Trinajstić information content (AvgIpc) is 2.33. The monoisotopic (exact) mass is 157 g/mol. The van der Waals surface area contributed by atoms with Crippen LogP contribution in [0.3, 0.4) is 0 Å². The lowest BCUT2D eigenvalue weighted by Crippen LogP contribution is -2.08. The van der Waals surface area contributed by atoms with E-state index in [2.05, 4.69) is 0 Å². The van der Waals surface area contributed by atoms with Gasteiger partial charge in [0.2, 0.25) is 6.04 Å². The molecular formula is C7H11NO3. The Morgan fingerprint density at radius 2 is 2.00 bits per heavy atom. The van der Waals surface area contributed by atoms with Crippen LogP contribution in [0.15, 0.2) is 0 Å². The van der Waals surface area contributed by atoms with E-state index in [0.717, 1.165) is 0 Å². The van der Waals surface area contributed by atoms with Gasteiger partial charge in [0.25, 0.3) is 0 Å². The van der Waals surface area contributed by atoms with Gasteiger partial charge < -0.3 is 0 Å². The van der Waals surface area contributed by atoms with Crippen molar-refractivity contribution in [2.45, 2.75) is 26.8 Å². The summed E-state index contributed by atoms with van der Waals surface area (Å²) in [4.78, 5) is 20.8. The third kappa shape index (κ3) is 1.02. The summed E-state index contributed by atoms with van der Waals surface area (Å²) < 4.78 is 0. The number of nitrogens with zero attached hydrogens (tertiary/aromatic N) is 1. The van der Waals surface area contributed by atoms with Crippen molar-refractivity contribution in [3.63, 3.8) is 0 Å². The molecule has 1 saturated carbocycles. The fourth-order valence-electron chi connectivity index (χ4n) is 1.75. The van der Waals surface area contributed by atoms with Crippen LogP contribution in [0.2, 0.25) is 0 Å². The first-order valence-electron chi connectivity index (χ1n) is 3.53. The quantitative estimate of drug-likeness (QED) is 0.441. The summed E-state index contributed by atoms with van der Waals surface area (Å²) in [6.07, 6.45) is 0. The molecule has 0 aromatic carbocycles. The largest absolute Gasteiger partial charge is 0.299 e. The predicted octanol–water partition coefficient (Wildman–Crippen LogP) is 0.877. The first kappa shape index (κ1) is 8.17. The molecule has 0 saturated heterocycles. The van der Waals surface area contributed by atoms with Gasteiger partial charge in [-0.25, -0.2) is 0 Å². The van der Waals surface area contributed by atoms with Crippen LogP contribution in [0.5, 0.6) is 0 Å². The van der Waals surface area contributed by atoms with Crippen LogP contribution in [-0.4, -0.2) is 16.7 Å². The molecule has 0 aromatic rings. The van der Waals surface area contributed by atoms with E-state index in [0.29, 0.717) is 0 Å². The van der Waals surface area contributed by atoms with Gasteiger partial charge in [-0.1, -0.05) is 13.8 Å². The number of ketones is 1. The van der Waals surface area contributed by atoms with Gasteiger partial charge >= 0.3 is 0 Å². The number of nitro groups is 1. The Morgan fingerprint density at radius 1 is 1.55 bits per heavy atom. The van der Waals surface area contributed by atoms with E-state index in [1.54, 1.807) is 13.8 Å². The minimum atomic E-state index is -0.653. The van der Waals surface area contributed by atoms with Gasteiger partial charge in [-0.15, -0.1) is 0 Å². The second kappa shape index (κ2) is 2.03. The maximum absolute atomic E-state index is 10.8. The molecule has 2 unspecified atom stereocenters. The highest BCUT2D eigenvalue weighted by Gasteiger charge is 2.69. The van der Waals surface area contributed by atoms with Crippen LogP contribution < -0.4 is 0 Å². The molecule has 0 spiro atoms. The molecule has 0 aromatic heterocycles. The molecule has 0 N–H and O–H groups in total. The summed E-state index contributed by atoms with van der Waals surface area (Å²) in [6.45, 7) is 4.93. The lowest BCUT2D eigenvalue weighted by molar-refractivity contribution is -0.503. The van der Waals surface area contributed by atoms with Crippen molar-refractivity contribution in [3.05, 3.63) is 10.1 Å². The molecule has 0 radical (unpaired) electrons. The molecule has 0 amide bonds. The number of rotatable bonds is 2. The Labute approximate surface area is 64.7 Å². The van der Waals surface area contributed by atoms with E-state index in [4.69, 9.17) is 0 Å². The normalized spacial score (nSPS) is 33.0. The Kier molecular flexibility index (Phi) is 1.51. The van der Waals surface area contributed by atoms with Crippen molar-refractivity contribution in [3.8, 4) is 0 Å². The highest BCUT2D eigenvalue weighted by atomic mass is 16.6. The summed E-state index contributed by atoms with van der Waals surface area (Å²) in [7, 11) is 0. The number of hydrogen-bond acceptors (Lipinski definition) is 3. The van der Waals surface area contributed by atoms with Crippen LogP contribution in [0, 0.1) is 21.4 Å². The highest BCUT2D eigenvalue weighted by molar-refractivity contribution is 5.83. The fraction of sp³-hybridized carbons (Fsp3) is 0.857. The molecule has 0 aliphatic heterocycles. The second-order valence-corrected chi connectivity index (χ2v) is 3.64. The maximum atomic E-state index is 10.8. The Morgan fingerprint density at radius 3 is 2.09 bits per heavy atom. The molecular weight excluding hydrogens is 146 g/mol. The van der Waals surface area contributed by atoms with Gasteiger partial charge in [0, 0.05) is 10.3 Å². The topological polar surface area (TPSA) is 60.2 Å². The molecule has 0 heterocycles. The van der Waals surface area contributed by atoms with Crippen LogP contribution >= 0.6 is 0 Å². The van der Waals surface area contributed by atoms with Gasteiger partial charge in [0.05, 0.1) is 5.92 Å². The molecule has 62 valence electrons. The molecule has 1 aliphatic rings.